The molecule has 112 valence electrons. The normalized spacial score (nSPS) is 18.1. The molecule has 0 saturated carbocycles. The maximum Gasteiger partial charge on any atom is 0.315 e. The van der Waals surface area contributed by atoms with Gasteiger partial charge in [0, 0.05) is 19.8 Å². The van der Waals surface area contributed by atoms with E-state index in [1.165, 1.54) is 0 Å². The lowest BCUT2D eigenvalue weighted by Crippen LogP contribution is -2.35. The molecule has 0 bridgehead atoms. The summed E-state index contributed by atoms with van der Waals surface area (Å²) in [5, 5.41) is 5.49. The monoisotopic (exact) mass is 282 g/mol. The van der Waals surface area contributed by atoms with Crippen molar-refractivity contribution in [3.8, 4) is 0 Å². The van der Waals surface area contributed by atoms with Gasteiger partial charge in [0.25, 0.3) is 0 Å². The minimum absolute atomic E-state index is 0.194. The van der Waals surface area contributed by atoms with E-state index in [4.69, 9.17) is 13.9 Å². The van der Waals surface area contributed by atoms with Crippen LogP contribution in [-0.4, -0.2) is 38.5 Å². The maximum atomic E-state index is 11.5. The molecular weight excluding hydrogens is 260 g/mol. The van der Waals surface area contributed by atoms with E-state index in [0.717, 1.165) is 31.6 Å². The quantitative estimate of drug-likeness (QED) is 0.711. The molecule has 1 saturated heterocycles. The van der Waals surface area contributed by atoms with E-state index in [9.17, 15) is 4.79 Å². The van der Waals surface area contributed by atoms with Crippen molar-refractivity contribution in [1.82, 2.24) is 10.6 Å². The van der Waals surface area contributed by atoms with E-state index >= 15 is 0 Å². The fourth-order valence-electron chi connectivity index (χ4n) is 2.01. The number of amides is 2. The Balaban J connectivity index is 1.41. The molecule has 2 rings (SSSR count). The molecule has 2 N–H and O–H groups in total. The number of ether oxygens (including phenoxy) is 2. The van der Waals surface area contributed by atoms with Crippen molar-refractivity contribution in [3.05, 3.63) is 24.2 Å². The average Bonchev–Trinajstić information content (AvgIpc) is 3.13. The number of hydrogen-bond donors (Lipinski definition) is 2. The second-order valence-electron chi connectivity index (χ2n) is 4.75. The number of hydrogen-bond acceptors (Lipinski definition) is 4. The Bertz CT molecular complexity index is 375. The van der Waals surface area contributed by atoms with Gasteiger partial charge in [0.1, 0.15) is 5.76 Å². The second kappa shape index (κ2) is 8.60. The van der Waals surface area contributed by atoms with Crippen LogP contribution >= 0.6 is 0 Å². The van der Waals surface area contributed by atoms with Gasteiger partial charge in [0.2, 0.25) is 0 Å². The summed E-state index contributed by atoms with van der Waals surface area (Å²) in [5.74, 6) is 0.736. The van der Waals surface area contributed by atoms with Gasteiger partial charge in [0.15, 0.2) is 0 Å². The molecule has 2 amide bonds. The molecule has 1 fully saturated rings. The van der Waals surface area contributed by atoms with Crippen LogP contribution < -0.4 is 10.6 Å². The van der Waals surface area contributed by atoms with Crippen molar-refractivity contribution >= 4 is 6.03 Å². The predicted octanol–water partition coefficient (Wildman–Crippen LogP) is 1.66. The molecule has 1 aliphatic rings. The molecule has 1 aromatic rings. The molecule has 0 radical (unpaired) electrons. The third kappa shape index (κ3) is 5.63. The zero-order valence-corrected chi connectivity index (χ0v) is 11.6. The minimum atomic E-state index is -0.194. The van der Waals surface area contributed by atoms with Gasteiger partial charge in [0.05, 0.1) is 25.5 Å². The van der Waals surface area contributed by atoms with Gasteiger partial charge >= 0.3 is 6.03 Å². The Morgan fingerprint density at radius 3 is 3.15 bits per heavy atom. The number of carbonyl (C=O) groups is 1. The third-order valence-corrected chi connectivity index (χ3v) is 3.08. The summed E-state index contributed by atoms with van der Waals surface area (Å²) < 4.78 is 16.1. The summed E-state index contributed by atoms with van der Waals surface area (Å²) in [7, 11) is 0. The largest absolute Gasteiger partial charge is 0.467 e. The van der Waals surface area contributed by atoms with Crippen LogP contribution in [-0.2, 0) is 16.0 Å². The zero-order chi connectivity index (χ0) is 14.0. The highest BCUT2D eigenvalue weighted by Crippen LogP contribution is 2.11. The van der Waals surface area contributed by atoms with E-state index in [-0.39, 0.29) is 12.1 Å². The summed E-state index contributed by atoms with van der Waals surface area (Å²) in [6.45, 7) is 3.14. The van der Waals surface area contributed by atoms with Crippen molar-refractivity contribution in [2.75, 3.05) is 26.4 Å². The van der Waals surface area contributed by atoms with Crippen molar-refractivity contribution in [3.63, 3.8) is 0 Å². The second-order valence-corrected chi connectivity index (χ2v) is 4.75. The first-order valence-electron chi connectivity index (χ1n) is 7.08. The molecular formula is C14H22N2O4. The Kier molecular flexibility index (Phi) is 6.40. The van der Waals surface area contributed by atoms with E-state index < -0.39 is 0 Å². The highest BCUT2D eigenvalue weighted by Gasteiger charge is 2.14. The van der Waals surface area contributed by atoms with Crippen molar-refractivity contribution in [2.45, 2.75) is 31.9 Å². The number of furan rings is 1. The Morgan fingerprint density at radius 1 is 1.45 bits per heavy atom. The lowest BCUT2D eigenvalue weighted by molar-refractivity contribution is 0.0168. The van der Waals surface area contributed by atoms with Gasteiger partial charge < -0.3 is 24.5 Å². The number of carbonyl (C=O) groups excluding carboxylic acids is 1. The van der Waals surface area contributed by atoms with Gasteiger partial charge in [-0.2, -0.15) is 0 Å². The standard InChI is InChI=1S/C14H22N2O4/c17-14(16-10-12-4-1-8-19-12)15-6-3-7-18-11-13-5-2-9-20-13/h1,4,8,13H,2-3,5-7,9-11H2,(H2,15,16,17). The van der Waals surface area contributed by atoms with Crippen LogP contribution in [0.4, 0.5) is 4.79 Å². The van der Waals surface area contributed by atoms with Gasteiger partial charge in [-0.15, -0.1) is 0 Å². The first-order valence-corrected chi connectivity index (χ1v) is 7.08. The number of urea groups is 1. The summed E-state index contributed by atoms with van der Waals surface area (Å²) >= 11 is 0. The van der Waals surface area contributed by atoms with E-state index in [1.807, 2.05) is 6.07 Å². The molecule has 6 heteroatoms. The van der Waals surface area contributed by atoms with Gasteiger partial charge in [-0.05, 0) is 31.4 Å². The van der Waals surface area contributed by atoms with Crippen LogP contribution in [0.15, 0.2) is 22.8 Å². The molecule has 1 unspecified atom stereocenters. The lowest BCUT2D eigenvalue weighted by atomic mass is 10.2. The first kappa shape index (κ1) is 14.9. The summed E-state index contributed by atoms with van der Waals surface area (Å²) in [5.41, 5.74) is 0. The fraction of sp³-hybridized carbons (Fsp3) is 0.643. The molecule has 2 heterocycles. The molecule has 0 aliphatic carbocycles. The van der Waals surface area contributed by atoms with E-state index in [0.29, 0.717) is 26.3 Å². The zero-order valence-electron chi connectivity index (χ0n) is 11.6. The molecule has 0 aromatic carbocycles. The van der Waals surface area contributed by atoms with Crippen LogP contribution in [0.5, 0.6) is 0 Å². The lowest BCUT2D eigenvalue weighted by Gasteiger charge is -2.10. The fourth-order valence-corrected chi connectivity index (χ4v) is 2.01. The Morgan fingerprint density at radius 2 is 2.40 bits per heavy atom. The Labute approximate surface area is 118 Å². The average molecular weight is 282 g/mol. The van der Waals surface area contributed by atoms with Gasteiger partial charge in [-0.25, -0.2) is 4.79 Å². The van der Waals surface area contributed by atoms with Crippen LogP contribution in [0.1, 0.15) is 25.0 Å². The van der Waals surface area contributed by atoms with Crippen LogP contribution in [0, 0.1) is 0 Å². The molecule has 20 heavy (non-hydrogen) atoms. The van der Waals surface area contributed by atoms with Crippen molar-refractivity contribution in [1.29, 1.82) is 0 Å². The van der Waals surface area contributed by atoms with Crippen molar-refractivity contribution < 1.29 is 18.7 Å². The third-order valence-electron chi connectivity index (χ3n) is 3.08. The number of nitrogens with one attached hydrogen (secondary N) is 2. The van der Waals surface area contributed by atoms with Crippen molar-refractivity contribution in [2.24, 2.45) is 0 Å². The highest BCUT2D eigenvalue weighted by atomic mass is 16.5. The van der Waals surface area contributed by atoms with Crippen LogP contribution in [0.3, 0.4) is 0 Å². The summed E-state index contributed by atoms with van der Waals surface area (Å²) in [6.07, 6.45) is 4.86. The highest BCUT2D eigenvalue weighted by molar-refractivity contribution is 5.73. The summed E-state index contributed by atoms with van der Waals surface area (Å²) in [4.78, 5) is 11.5. The smallest absolute Gasteiger partial charge is 0.315 e. The molecule has 6 nitrogen and oxygen atoms in total. The minimum Gasteiger partial charge on any atom is -0.467 e. The number of rotatable bonds is 8. The van der Waals surface area contributed by atoms with Gasteiger partial charge in [-0.3, -0.25) is 0 Å². The topological polar surface area (TPSA) is 72.7 Å². The first-order chi connectivity index (χ1) is 9.84. The SMILES string of the molecule is O=C(NCCCOCC1CCCO1)NCc1ccco1. The molecule has 1 aliphatic heterocycles. The molecule has 1 aromatic heterocycles. The summed E-state index contributed by atoms with van der Waals surface area (Å²) in [6, 6.07) is 3.42. The Hall–Kier alpha value is -1.53. The molecule has 1 atom stereocenters. The van der Waals surface area contributed by atoms with E-state index in [1.54, 1.807) is 12.3 Å². The van der Waals surface area contributed by atoms with Crippen LogP contribution in [0.25, 0.3) is 0 Å². The van der Waals surface area contributed by atoms with Gasteiger partial charge in [-0.1, -0.05) is 0 Å². The molecule has 0 spiro atoms. The van der Waals surface area contributed by atoms with E-state index in [2.05, 4.69) is 10.6 Å². The maximum absolute atomic E-state index is 11.5. The predicted molar refractivity (Wildman–Crippen MR) is 73.4 cm³/mol. The van der Waals surface area contributed by atoms with Crippen LogP contribution in [0.2, 0.25) is 0 Å².